The van der Waals surface area contributed by atoms with E-state index in [9.17, 15) is 0 Å². The summed E-state index contributed by atoms with van der Waals surface area (Å²) in [4.78, 5) is 4.94. The van der Waals surface area contributed by atoms with Crippen LogP contribution in [0.3, 0.4) is 0 Å². The van der Waals surface area contributed by atoms with Gasteiger partial charge in [-0.05, 0) is 24.3 Å². The third-order valence-corrected chi connectivity index (χ3v) is 3.20. The average Bonchev–Trinajstić information content (AvgIpc) is 2.91. The number of fused-ring (bicyclic) bond motifs is 1. The van der Waals surface area contributed by atoms with E-state index in [-0.39, 0.29) is 0 Å². The molecule has 0 spiro atoms. The zero-order chi connectivity index (χ0) is 14.7. The summed E-state index contributed by atoms with van der Waals surface area (Å²) in [6.45, 7) is 0.463. The number of hydrogen-bond donors (Lipinski definition) is 1. The first-order chi connectivity index (χ1) is 10.2. The maximum absolute atomic E-state index is 5.74. The van der Waals surface area contributed by atoms with Crippen molar-refractivity contribution in [1.82, 2.24) is 4.98 Å². The Kier molecular flexibility index (Phi) is 3.83. The van der Waals surface area contributed by atoms with Gasteiger partial charge in [-0.3, -0.25) is 0 Å². The van der Waals surface area contributed by atoms with Crippen LogP contribution in [-0.4, -0.2) is 16.6 Å². The first kappa shape index (κ1) is 13.6. The summed E-state index contributed by atoms with van der Waals surface area (Å²) in [5.41, 5.74) is 7.89. The molecule has 0 radical (unpaired) electrons. The third-order valence-electron chi connectivity index (χ3n) is 3.00. The molecule has 0 bridgehead atoms. The fraction of sp³-hybridized carbons (Fsp3) is 0.125. The summed E-state index contributed by atoms with van der Waals surface area (Å²) in [6.07, 6.45) is 0.557. The molecule has 3 aromatic rings. The van der Waals surface area contributed by atoms with Gasteiger partial charge < -0.3 is 14.9 Å². The highest BCUT2D eigenvalue weighted by molar-refractivity contribution is 7.80. The van der Waals surface area contributed by atoms with Crippen LogP contribution in [-0.2, 0) is 0 Å². The molecule has 2 aromatic carbocycles. The molecular weight excluding hydrogens is 284 g/mol. The molecule has 106 valence electrons. The monoisotopic (exact) mass is 298 g/mol. The predicted molar refractivity (Wildman–Crippen MR) is 86.3 cm³/mol. The lowest BCUT2D eigenvalue weighted by Gasteiger charge is -2.04. The highest BCUT2D eigenvalue weighted by Crippen LogP contribution is 2.26. The molecule has 21 heavy (non-hydrogen) atoms. The van der Waals surface area contributed by atoms with Crippen LogP contribution in [0.4, 0.5) is 0 Å². The second-order valence-electron chi connectivity index (χ2n) is 4.58. The Hall–Kier alpha value is -2.40. The third kappa shape index (κ3) is 3.20. The Morgan fingerprint density at radius 3 is 2.76 bits per heavy atom. The number of oxazole rings is 1. The molecule has 3 rings (SSSR count). The number of rotatable bonds is 5. The van der Waals surface area contributed by atoms with Gasteiger partial charge in [-0.2, -0.15) is 0 Å². The number of aromatic nitrogens is 1. The van der Waals surface area contributed by atoms with Crippen LogP contribution < -0.4 is 10.5 Å². The molecule has 1 heterocycles. The first-order valence-electron chi connectivity index (χ1n) is 6.59. The summed E-state index contributed by atoms with van der Waals surface area (Å²) < 4.78 is 11.3. The van der Waals surface area contributed by atoms with Crippen molar-refractivity contribution in [3.05, 3.63) is 48.5 Å². The minimum atomic E-state index is 0.448. The summed E-state index contributed by atoms with van der Waals surface area (Å²) in [7, 11) is 0. The highest BCUT2D eigenvalue weighted by atomic mass is 32.1. The summed E-state index contributed by atoms with van der Waals surface area (Å²) >= 11 is 4.82. The molecular formula is C16H14N2O2S. The number of nitrogens with two attached hydrogens (primary N) is 1. The van der Waals surface area contributed by atoms with E-state index >= 15 is 0 Å². The molecule has 0 amide bonds. The molecule has 1 aromatic heterocycles. The molecule has 0 fully saturated rings. The van der Waals surface area contributed by atoms with Crippen molar-refractivity contribution in [2.45, 2.75) is 6.42 Å². The van der Waals surface area contributed by atoms with E-state index in [4.69, 9.17) is 27.1 Å². The Bertz CT molecular complexity index is 768. The Labute approximate surface area is 127 Å². The van der Waals surface area contributed by atoms with Crippen molar-refractivity contribution >= 4 is 28.3 Å². The summed E-state index contributed by atoms with van der Waals surface area (Å²) in [6, 6.07) is 15.3. The van der Waals surface area contributed by atoms with Gasteiger partial charge >= 0.3 is 0 Å². The number of benzene rings is 2. The smallest absolute Gasteiger partial charge is 0.227 e. The van der Waals surface area contributed by atoms with Crippen molar-refractivity contribution in [3.63, 3.8) is 0 Å². The topological polar surface area (TPSA) is 61.3 Å². The minimum absolute atomic E-state index is 0.448. The molecule has 0 aliphatic heterocycles. The zero-order valence-electron chi connectivity index (χ0n) is 11.3. The van der Waals surface area contributed by atoms with Gasteiger partial charge in [0.25, 0.3) is 0 Å². The molecule has 0 aliphatic carbocycles. The molecule has 5 heteroatoms. The van der Waals surface area contributed by atoms with E-state index in [1.807, 2.05) is 48.5 Å². The minimum Gasteiger partial charge on any atom is -0.493 e. The maximum Gasteiger partial charge on any atom is 0.227 e. The van der Waals surface area contributed by atoms with Gasteiger partial charge in [0.15, 0.2) is 5.58 Å². The van der Waals surface area contributed by atoms with E-state index in [2.05, 4.69) is 4.98 Å². The lowest BCUT2D eigenvalue weighted by Crippen LogP contribution is -2.12. The Balaban J connectivity index is 1.83. The molecule has 0 saturated heterocycles. The van der Waals surface area contributed by atoms with E-state index in [1.165, 1.54) is 0 Å². The van der Waals surface area contributed by atoms with Crippen LogP contribution >= 0.6 is 12.2 Å². The molecule has 2 N–H and O–H groups in total. The van der Waals surface area contributed by atoms with Crippen molar-refractivity contribution in [2.24, 2.45) is 5.73 Å². The zero-order valence-corrected chi connectivity index (χ0v) is 12.1. The molecule has 0 aliphatic rings. The van der Waals surface area contributed by atoms with Crippen molar-refractivity contribution in [3.8, 4) is 17.2 Å². The van der Waals surface area contributed by atoms with Crippen LogP contribution in [0, 0.1) is 0 Å². The lowest BCUT2D eigenvalue weighted by atomic mass is 10.2. The molecule has 0 unspecified atom stereocenters. The van der Waals surface area contributed by atoms with Crippen molar-refractivity contribution < 1.29 is 9.15 Å². The van der Waals surface area contributed by atoms with Crippen molar-refractivity contribution in [2.75, 3.05) is 6.61 Å². The van der Waals surface area contributed by atoms with Gasteiger partial charge in [0.05, 0.1) is 11.6 Å². The van der Waals surface area contributed by atoms with E-state index in [0.29, 0.717) is 23.9 Å². The van der Waals surface area contributed by atoms with Crippen LogP contribution in [0.15, 0.2) is 52.9 Å². The number of thiocarbonyl (C=S) groups is 1. The largest absolute Gasteiger partial charge is 0.493 e. The van der Waals surface area contributed by atoms with Gasteiger partial charge in [-0.25, -0.2) is 4.98 Å². The number of ether oxygens (including phenoxy) is 1. The first-order valence-corrected chi connectivity index (χ1v) is 7.00. The summed E-state index contributed by atoms with van der Waals surface area (Å²) in [5.74, 6) is 1.33. The maximum atomic E-state index is 5.74. The predicted octanol–water partition coefficient (Wildman–Crippen LogP) is 3.55. The Morgan fingerprint density at radius 1 is 1.19 bits per heavy atom. The van der Waals surface area contributed by atoms with E-state index in [1.54, 1.807) is 0 Å². The highest BCUT2D eigenvalue weighted by Gasteiger charge is 2.08. The fourth-order valence-corrected chi connectivity index (χ4v) is 2.05. The van der Waals surface area contributed by atoms with Crippen LogP contribution in [0.5, 0.6) is 5.75 Å². The van der Waals surface area contributed by atoms with Gasteiger partial charge in [0.2, 0.25) is 5.89 Å². The molecule has 4 nitrogen and oxygen atoms in total. The van der Waals surface area contributed by atoms with Crippen LogP contribution in [0.1, 0.15) is 6.42 Å². The SMILES string of the molecule is NC(=S)CCOc1ccc2oc(-c3ccccc3)nc2c1. The number of hydrogen-bond acceptors (Lipinski definition) is 4. The second-order valence-corrected chi connectivity index (χ2v) is 5.10. The van der Waals surface area contributed by atoms with Crippen LogP contribution in [0.2, 0.25) is 0 Å². The van der Waals surface area contributed by atoms with Gasteiger partial charge in [-0.1, -0.05) is 30.4 Å². The normalized spacial score (nSPS) is 10.7. The van der Waals surface area contributed by atoms with Crippen molar-refractivity contribution in [1.29, 1.82) is 0 Å². The average molecular weight is 298 g/mol. The van der Waals surface area contributed by atoms with E-state index in [0.717, 1.165) is 22.4 Å². The number of nitrogens with zero attached hydrogens (tertiary/aromatic N) is 1. The van der Waals surface area contributed by atoms with E-state index < -0.39 is 0 Å². The standard InChI is InChI=1S/C16H14N2O2S/c17-15(21)8-9-19-12-6-7-14-13(10-12)18-16(20-14)11-4-2-1-3-5-11/h1-7,10H,8-9H2,(H2,17,21). The van der Waals surface area contributed by atoms with Crippen LogP contribution in [0.25, 0.3) is 22.6 Å². The lowest BCUT2D eigenvalue weighted by molar-refractivity contribution is 0.330. The molecule has 0 atom stereocenters. The quantitative estimate of drug-likeness (QED) is 0.730. The fourth-order valence-electron chi connectivity index (χ4n) is 1.97. The molecule has 0 saturated carbocycles. The Morgan fingerprint density at radius 2 is 2.00 bits per heavy atom. The van der Waals surface area contributed by atoms with Gasteiger partial charge in [0, 0.05) is 18.1 Å². The van der Waals surface area contributed by atoms with Gasteiger partial charge in [0.1, 0.15) is 11.3 Å². The van der Waals surface area contributed by atoms with Gasteiger partial charge in [-0.15, -0.1) is 0 Å². The second kappa shape index (κ2) is 5.93. The summed E-state index contributed by atoms with van der Waals surface area (Å²) in [5, 5.41) is 0.